The molecule has 0 saturated carbocycles. The molecule has 0 aromatic heterocycles. The van der Waals surface area contributed by atoms with Crippen molar-refractivity contribution >= 4 is 57.6 Å². The standard InChI is InChI=1S/C21H15Cl2NO3/c22-16-10-8-15(18(23)12-16)9-11-21(26)27-13-20(25)24-19-7-3-5-14-4-1-2-6-17(14)19/h1-12H,13H2,(H,24,25)/b11-9+. The Labute approximate surface area is 166 Å². The molecule has 6 heteroatoms. The molecule has 0 aliphatic carbocycles. The fourth-order valence-electron chi connectivity index (χ4n) is 2.50. The number of carbonyl (C=O) groups excluding carboxylic acids is 2. The second kappa shape index (κ2) is 8.71. The maximum Gasteiger partial charge on any atom is 0.331 e. The molecule has 1 amide bonds. The fraction of sp³-hybridized carbons (Fsp3) is 0.0476. The molecule has 0 saturated heterocycles. The highest BCUT2D eigenvalue weighted by Gasteiger charge is 2.08. The van der Waals surface area contributed by atoms with Crippen LogP contribution in [0.2, 0.25) is 10.0 Å². The monoisotopic (exact) mass is 399 g/mol. The molecule has 1 N–H and O–H groups in total. The van der Waals surface area contributed by atoms with Crippen LogP contribution in [0.15, 0.2) is 66.7 Å². The van der Waals surface area contributed by atoms with E-state index in [2.05, 4.69) is 5.32 Å². The summed E-state index contributed by atoms with van der Waals surface area (Å²) in [4.78, 5) is 23.9. The van der Waals surface area contributed by atoms with Gasteiger partial charge in [0.2, 0.25) is 0 Å². The van der Waals surface area contributed by atoms with Crippen LogP contribution in [0.1, 0.15) is 5.56 Å². The first kappa shape index (κ1) is 19.0. The van der Waals surface area contributed by atoms with Crippen molar-refractivity contribution in [3.63, 3.8) is 0 Å². The quantitative estimate of drug-likeness (QED) is 0.465. The maximum absolute atomic E-state index is 12.1. The zero-order valence-corrected chi connectivity index (χ0v) is 15.6. The molecule has 0 aliphatic rings. The molecule has 0 unspecified atom stereocenters. The number of halogens is 2. The smallest absolute Gasteiger partial charge is 0.331 e. The van der Waals surface area contributed by atoms with Gasteiger partial charge in [0.25, 0.3) is 5.91 Å². The van der Waals surface area contributed by atoms with Crippen LogP contribution in [0.3, 0.4) is 0 Å². The Morgan fingerprint density at radius 3 is 2.59 bits per heavy atom. The summed E-state index contributed by atoms with van der Waals surface area (Å²) in [5.41, 5.74) is 1.29. The number of benzene rings is 3. The number of nitrogens with one attached hydrogen (secondary N) is 1. The van der Waals surface area contributed by atoms with Gasteiger partial charge in [0.05, 0.1) is 0 Å². The number of rotatable bonds is 5. The van der Waals surface area contributed by atoms with E-state index in [0.717, 1.165) is 10.8 Å². The van der Waals surface area contributed by atoms with Crippen molar-refractivity contribution in [2.75, 3.05) is 11.9 Å². The Hall–Kier alpha value is -2.82. The van der Waals surface area contributed by atoms with Crippen LogP contribution >= 0.6 is 23.2 Å². The average Bonchev–Trinajstić information content (AvgIpc) is 2.66. The molecule has 0 atom stereocenters. The Bertz CT molecular complexity index is 1030. The SMILES string of the molecule is O=C(COC(=O)/C=C/c1ccc(Cl)cc1Cl)Nc1cccc2ccccc12. The van der Waals surface area contributed by atoms with Crippen LogP contribution in [-0.2, 0) is 14.3 Å². The minimum absolute atomic E-state index is 0.388. The molecule has 3 aromatic carbocycles. The number of amides is 1. The molecule has 0 bridgehead atoms. The summed E-state index contributed by atoms with van der Waals surface area (Å²) in [6, 6.07) is 18.2. The van der Waals surface area contributed by atoms with E-state index in [1.807, 2.05) is 36.4 Å². The molecule has 136 valence electrons. The van der Waals surface area contributed by atoms with Gasteiger partial charge < -0.3 is 10.1 Å². The summed E-state index contributed by atoms with van der Waals surface area (Å²) in [5, 5.41) is 5.60. The lowest BCUT2D eigenvalue weighted by molar-refractivity contribution is -0.142. The van der Waals surface area contributed by atoms with Gasteiger partial charge in [-0.25, -0.2) is 4.79 Å². The lowest BCUT2D eigenvalue weighted by Crippen LogP contribution is -2.20. The Morgan fingerprint density at radius 1 is 1.00 bits per heavy atom. The van der Waals surface area contributed by atoms with Crippen molar-refractivity contribution in [1.82, 2.24) is 0 Å². The van der Waals surface area contributed by atoms with Crippen molar-refractivity contribution < 1.29 is 14.3 Å². The third-order valence-corrected chi connectivity index (χ3v) is 4.33. The van der Waals surface area contributed by atoms with Crippen molar-refractivity contribution in [2.24, 2.45) is 0 Å². The third-order valence-electron chi connectivity index (χ3n) is 3.77. The van der Waals surface area contributed by atoms with E-state index < -0.39 is 11.9 Å². The van der Waals surface area contributed by atoms with Gasteiger partial charge in [0, 0.05) is 27.2 Å². The van der Waals surface area contributed by atoms with Gasteiger partial charge in [-0.3, -0.25) is 4.79 Å². The zero-order chi connectivity index (χ0) is 19.2. The van der Waals surface area contributed by atoms with E-state index >= 15 is 0 Å². The number of hydrogen-bond acceptors (Lipinski definition) is 3. The third kappa shape index (κ3) is 5.09. The summed E-state index contributed by atoms with van der Waals surface area (Å²) < 4.78 is 4.97. The van der Waals surface area contributed by atoms with E-state index in [0.29, 0.717) is 21.3 Å². The van der Waals surface area contributed by atoms with Crippen LogP contribution in [0.25, 0.3) is 16.8 Å². The first-order valence-corrected chi connectivity index (χ1v) is 8.86. The van der Waals surface area contributed by atoms with E-state index in [9.17, 15) is 9.59 Å². The molecule has 0 spiro atoms. The molecule has 0 heterocycles. The molecule has 27 heavy (non-hydrogen) atoms. The number of hydrogen-bond donors (Lipinski definition) is 1. The minimum Gasteiger partial charge on any atom is -0.452 e. The summed E-state index contributed by atoms with van der Waals surface area (Å²) in [6.07, 6.45) is 2.71. The molecular formula is C21H15Cl2NO3. The fourth-order valence-corrected chi connectivity index (χ4v) is 2.97. The van der Waals surface area contributed by atoms with Crippen molar-refractivity contribution in [3.8, 4) is 0 Å². The number of carbonyl (C=O) groups is 2. The highest BCUT2D eigenvalue weighted by molar-refractivity contribution is 6.35. The Morgan fingerprint density at radius 2 is 1.78 bits per heavy atom. The molecule has 4 nitrogen and oxygen atoms in total. The average molecular weight is 400 g/mol. The number of fused-ring (bicyclic) bond motifs is 1. The van der Waals surface area contributed by atoms with Crippen LogP contribution < -0.4 is 5.32 Å². The molecule has 3 aromatic rings. The second-order valence-electron chi connectivity index (χ2n) is 5.68. The number of esters is 1. The normalized spacial score (nSPS) is 10.9. The van der Waals surface area contributed by atoms with Gasteiger partial charge in [0.1, 0.15) is 0 Å². The predicted octanol–water partition coefficient (Wildman–Crippen LogP) is 5.34. The summed E-state index contributed by atoms with van der Waals surface area (Å²) in [7, 11) is 0. The summed E-state index contributed by atoms with van der Waals surface area (Å²) in [5.74, 6) is -1.06. The van der Waals surface area contributed by atoms with Gasteiger partial charge in [-0.05, 0) is 35.2 Å². The lowest BCUT2D eigenvalue weighted by atomic mass is 10.1. The van der Waals surface area contributed by atoms with Gasteiger partial charge in [0.15, 0.2) is 6.61 Å². The van der Waals surface area contributed by atoms with Crippen molar-refractivity contribution in [2.45, 2.75) is 0 Å². The topological polar surface area (TPSA) is 55.4 Å². The highest BCUT2D eigenvalue weighted by atomic mass is 35.5. The van der Waals surface area contributed by atoms with Crippen LogP contribution in [-0.4, -0.2) is 18.5 Å². The molecule has 0 radical (unpaired) electrons. The molecule has 0 aliphatic heterocycles. The van der Waals surface area contributed by atoms with Gasteiger partial charge in [-0.1, -0.05) is 65.7 Å². The summed E-state index contributed by atoms with van der Waals surface area (Å²) >= 11 is 11.8. The second-order valence-corrected chi connectivity index (χ2v) is 6.53. The summed E-state index contributed by atoms with van der Waals surface area (Å²) in [6.45, 7) is -0.388. The minimum atomic E-state index is -0.644. The zero-order valence-electron chi connectivity index (χ0n) is 14.1. The van der Waals surface area contributed by atoms with Gasteiger partial charge in [-0.15, -0.1) is 0 Å². The molecular weight excluding hydrogens is 385 g/mol. The van der Waals surface area contributed by atoms with E-state index in [4.69, 9.17) is 27.9 Å². The van der Waals surface area contributed by atoms with E-state index in [-0.39, 0.29) is 6.61 Å². The number of anilines is 1. The van der Waals surface area contributed by atoms with Crippen LogP contribution in [0.5, 0.6) is 0 Å². The highest BCUT2D eigenvalue weighted by Crippen LogP contribution is 2.23. The predicted molar refractivity (Wildman–Crippen MR) is 109 cm³/mol. The molecule has 3 rings (SSSR count). The van der Waals surface area contributed by atoms with Crippen molar-refractivity contribution in [3.05, 3.63) is 82.3 Å². The largest absolute Gasteiger partial charge is 0.452 e. The molecule has 0 fully saturated rings. The lowest BCUT2D eigenvalue weighted by Gasteiger charge is -2.08. The van der Waals surface area contributed by atoms with E-state index in [1.54, 1.807) is 24.3 Å². The number of ether oxygens (including phenoxy) is 1. The Balaban J connectivity index is 1.57. The van der Waals surface area contributed by atoms with Crippen molar-refractivity contribution in [1.29, 1.82) is 0 Å². The first-order valence-electron chi connectivity index (χ1n) is 8.10. The van der Waals surface area contributed by atoms with Crippen LogP contribution in [0.4, 0.5) is 5.69 Å². The van der Waals surface area contributed by atoms with E-state index in [1.165, 1.54) is 12.2 Å². The first-order chi connectivity index (χ1) is 13.0. The van der Waals surface area contributed by atoms with Gasteiger partial charge >= 0.3 is 5.97 Å². The van der Waals surface area contributed by atoms with Gasteiger partial charge in [-0.2, -0.15) is 0 Å². The van der Waals surface area contributed by atoms with Crippen LogP contribution in [0, 0.1) is 0 Å². The maximum atomic E-state index is 12.1. The Kier molecular flexibility index (Phi) is 6.12.